The number of hydrogen-bond donors (Lipinski definition) is 1. The molecule has 0 aliphatic heterocycles. The quantitative estimate of drug-likeness (QED) is 0.712. The molecule has 0 atom stereocenters. The molecule has 0 radical (unpaired) electrons. The van der Waals surface area contributed by atoms with Gasteiger partial charge in [-0.05, 0) is 25.5 Å². The molecule has 0 aliphatic carbocycles. The van der Waals surface area contributed by atoms with E-state index in [1.165, 1.54) is 11.1 Å². The Kier molecular flexibility index (Phi) is 6.54. The fourth-order valence-corrected chi connectivity index (χ4v) is 1.48. The van der Waals surface area contributed by atoms with Gasteiger partial charge in [0.2, 0.25) is 0 Å². The standard InChI is InChI=1S/C14H21NO/c1-13-6-5-8-14(12-13)7-3-4-9-15-10-11-16-2/h3,5-8,12,15H,4,9-11H2,1-2H3. The predicted octanol–water partition coefficient (Wildman–Crippen LogP) is 2.63. The molecule has 1 N–H and O–H groups in total. The molecule has 0 aromatic heterocycles. The van der Waals surface area contributed by atoms with Gasteiger partial charge in [-0.25, -0.2) is 0 Å². The molecular formula is C14H21NO. The van der Waals surface area contributed by atoms with E-state index in [1.54, 1.807) is 7.11 Å². The first-order valence-corrected chi connectivity index (χ1v) is 5.76. The van der Waals surface area contributed by atoms with Crippen molar-refractivity contribution in [3.05, 3.63) is 41.5 Å². The first-order valence-electron chi connectivity index (χ1n) is 5.76. The third-order valence-corrected chi connectivity index (χ3v) is 2.32. The summed E-state index contributed by atoms with van der Waals surface area (Å²) in [5.74, 6) is 0. The molecule has 0 bridgehead atoms. The molecule has 0 saturated carbocycles. The number of nitrogens with one attached hydrogen (secondary N) is 1. The van der Waals surface area contributed by atoms with Crippen LogP contribution in [0.5, 0.6) is 0 Å². The largest absolute Gasteiger partial charge is 0.383 e. The molecule has 0 spiro atoms. The van der Waals surface area contributed by atoms with E-state index in [0.29, 0.717) is 0 Å². The Labute approximate surface area is 98.3 Å². The van der Waals surface area contributed by atoms with Crippen LogP contribution in [0, 0.1) is 6.92 Å². The van der Waals surface area contributed by atoms with Crippen LogP contribution in [0.3, 0.4) is 0 Å². The maximum Gasteiger partial charge on any atom is 0.0587 e. The van der Waals surface area contributed by atoms with Gasteiger partial charge >= 0.3 is 0 Å². The molecule has 88 valence electrons. The van der Waals surface area contributed by atoms with Crippen LogP contribution in [-0.4, -0.2) is 26.8 Å². The third-order valence-electron chi connectivity index (χ3n) is 2.32. The Morgan fingerprint density at radius 1 is 1.31 bits per heavy atom. The molecule has 16 heavy (non-hydrogen) atoms. The lowest BCUT2D eigenvalue weighted by Crippen LogP contribution is -2.19. The van der Waals surface area contributed by atoms with Crippen molar-refractivity contribution in [2.75, 3.05) is 26.8 Å². The number of rotatable bonds is 7. The molecule has 1 rings (SSSR count). The number of ether oxygens (including phenoxy) is 1. The lowest BCUT2D eigenvalue weighted by atomic mass is 10.1. The number of benzene rings is 1. The van der Waals surface area contributed by atoms with Gasteiger partial charge < -0.3 is 10.1 Å². The van der Waals surface area contributed by atoms with Crippen LogP contribution < -0.4 is 5.32 Å². The highest BCUT2D eigenvalue weighted by atomic mass is 16.5. The predicted molar refractivity (Wildman–Crippen MR) is 69.6 cm³/mol. The van der Waals surface area contributed by atoms with Crippen LogP contribution in [0.4, 0.5) is 0 Å². The van der Waals surface area contributed by atoms with E-state index in [4.69, 9.17) is 4.74 Å². The van der Waals surface area contributed by atoms with Crippen molar-refractivity contribution >= 4 is 6.08 Å². The maximum atomic E-state index is 4.95. The number of hydrogen-bond acceptors (Lipinski definition) is 2. The molecule has 0 saturated heterocycles. The zero-order chi connectivity index (χ0) is 11.6. The summed E-state index contributed by atoms with van der Waals surface area (Å²) in [4.78, 5) is 0. The Hall–Kier alpha value is -1.12. The van der Waals surface area contributed by atoms with Crippen LogP contribution in [0.1, 0.15) is 17.5 Å². The molecule has 0 unspecified atom stereocenters. The van der Waals surface area contributed by atoms with Gasteiger partial charge in [0.1, 0.15) is 0 Å². The van der Waals surface area contributed by atoms with E-state index in [2.05, 4.69) is 48.7 Å². The second-order valence-corrected chi connectivity index (χ2v) is 3.85. The van der Waals surface area contributed by atoms with Crippen molar-refractivity contribution in [1.29, 1.82) is 0 Å². The van der Waals surface area contributed by atoms with Crippen LogP contribution >= 0.6 is 0 Å². The van der Waals surface area contributed by atoms with Crippen molar-refractivity contribution in [3.63, 3.8) is 0 Å². The molecule has 0 amide bonds. The Bertz CT molecular complexity index is 320. The molecule has 1 aromatic carbocycles. The minimum absolute atomic E-state index is 0.779. The van der Waals surface area contributed by atoms with Crippen molar-refractivity contribution in [2.45, 2.75) is 13.3 Å². The summed E-state index contributed by atoms with van der Waals surface area (Å²) >= 11 is 0. The average molecular weight is 219 g/mol. The second-order valence-electron chi connectivity index (χ2n) is 3.85. The number of aryl methyl sites for hydroxylation is 1. The summed E-state index contributed by atoms with van der Waals surface area (Å²) in [6, 6.07) is 8.52. The van der Waals surface area contributed by atoms with E-state index in [-0.39, 0.29) is 0 Å². The summed E-state index contributed by atoms with van der Waals surface area (Å²) in [6.45, 7) is 4.83. The summed E-state index contributed by atoms with van der Waals surface area (Å²) in [6.07, 6.45) is 5.43. The van der Waals surface area contributed by atoms with E-state index >= 15 is 0 Å². The van der Waals surface area contributed by atoms with Crippen LogP contribution in [0.25, 0.3) is 6.08 Å². The molecule has 0 aliphatic rings. The van der Waals surface area contributed by atoms with Gasteiger partial charge in [-0.3, -0.25) is 0 Å². The monoisotopic (exact) mass is 219 g/mol. The van der Waals surface area contributed by atoms with Crippen molar-refractivity contribution in [2.24, 2.45) is 0 Å². The topological polar surface area (TPSA) is 21.3 Å². The average Bonchev–Trinajstić information content (AvgIpc) is 2.28. The smallest absolute Gasteiger partial charge is 0.0587 e. The van der Waals surface area contributed by atoms with Crippen LogP contribution in [-0.2, 0) is 4.74 Å². The zero-order valence-electron chi connectivity index (χ0n) is 10.2. The SMILES string of the molecule is COCCNCCC=Cc1cccc(C)c1. The summed E-state index contributed by atoms with van der Waals surface area (Å²) < 4.78 is 4.95. The van der Waals surface area contributed by atoms with Crippen molar-refractivity contribution < 1.29 is 4.74 Å². The van der Waals surface area contributed by atoms with E-state index < -0.39 is 0 Å². The highest BCUT2D eigenvalue weighted by molar-refractivity contribution is 5.49. The molecule has 2 nitrogen and oxygen atoms in total. The third kappa shape index (κ3) is 5.69. The first-order chi connectivity index (χ1) is 7.83. The van der Waals surface area contributed by atoms with Crippen molar-refractivity contribution in [1.82, 2.24) is 5.32 Å². The van der Waals surface area contributed by atoms with E-state index in [1.807, 2.05) is 0 Å². The minimum Gasteiger partial charge on any atom is -0.383 e. The van der Waals surface area contributed by atoms with Gasteiger partial charge in [-0.2, -0.15) is 0 Å². The second kappa shape index (κ2) is 8.08. The van der Waals surface area contributed by atoms with Gasteiger partial charge in [-0.1, -0.05) is 42.0 Å². The lowest BCUT2D eigenvalue weighted by molar-refractivity contribution is 0.199. The first kappa shape index (κ1) is 12.9. The zero-order valence-corrected chi connectivity index (χ0v) is 10.2. The summed E-state index contributed by atoms with van der Waals surface area (Å²) in [5.41, 5.74) is 2.58. The molecular weight excluding hydrogens is 198 g/mol. The molecule has 0 heterocycles. The Morgan fingerprint density at radius 3 is 2.94 bits per heavy atom. The fraction of sp³-hybridized carbons (Fsp3) is 0.429. The summed E-state index contributed by atoms with van der Waals surface area (Å²) in [7, 11) is 1.72. The van der Waals surface area contributed by atoms with Gasteiger partial charge in [0.25, 0.3) is 0 Å². The van der Waals surface area contributed by atoms with Gasteiger partial charge in [0.15, 0.2) is 0 Å². The number of methoxy groups -OCH3 is 1. The normalized spacial score (nSPS) is 11.1. The Balaban J connectivity index is 2.17. The van der Waals surface area contributed by atoms with Gasteiger partial charge in [-0.15, -0.1) is 0 Å². The Morgan fingerprint density at radius 2 is 2.19 bits per heavy atom. The molecule has 0 fully saturated rings. The van der Waals surface area contributed by atoms with Crippen LogP contribution in [0.2, 0.25) is 0 Å². The highest BCUT2D eigenvalue weighted by Gasteiger charge is 1.87. The van der Waals surface area contributed by atoms with E-state index in [0.717, 1.165) is 26.1 Å². The van der Waals surface area contributed by atoms with Gasteiger partial charge in [0, 0.05) is 13.7 Å². The highest BCUT2D eigenvalue weighted by Crippen LogP contribution is 2.05. The maximum absolute atomic E-state index is 4.95. The molecule has 2 heteroatoms. The van der Waals surface area contributed by atoms with Crippen LogP contribution in [0.15, 0.2) is 30.3 Å². The summed E-state index contributed by atoms with van der Waals surface area (Å²) in [5, 5.41) is 3.31. The molecule has 1 aromatic rings. The fourth-order valence-electron chi connectivity index (χ4n) is 1.48. The lowest BCUT2D eigenvalue weighted by Gasteiger charge is -2.00. The van der Waals surface area contributed by atoms with Crippen molar-refractivity contribution in [3.8, 4) is 0 Å². The van der Waals surface area contributed by atoms with E-state index in [9.17, 15) is 0 Å². The minimum atomic E-state index is 0.779. The van der Waals surface area contributed by atoms with Gasteiger partial charge in [0.05, 0.1) is 6.61 Å².